The van der Waals surface area contributed by atoms with E-state index in [0.717, 1.165) is 34.3 Å². The summed E-state index contributed by atoms with van der Waals surface area (Å²) >= 11 is 0.879. The highest BCUT2D eigenvalue weighted by atomic mass is 32.2. The number of hydrogen-bond donors (Lipinski definition) is 0. The number of anilines is 2. The van der Waals surface area contributed by atoms with E-state index >= 15 is 0 Å². The summed E-state index contributed by atoms with van der Waals surface area (Å²) in [4.78, 5) is 43.9. The first-order valence-electron chi connectivity index (χ1n) is 11.8. The summed E-state index contributed by atoms with van der Waals surface area (Å²) in [6.07, 6.45) is 0. The van der Waals surface area contributed by atoms with E-state index in [1.807, 2.05) is 92.7 Å². The van der Waals surface area contributed by atoms with Crippen LogP contribution in [-0.4, -0.2) is 51.6 Å². The summed E-state index contributed by atoms with van der Waals surface area (Å²) in [5, 5.41) is -0.324. The van der Waals surface area contributed by atoms with Crippen molar-refractivity contribution < 1.29 is 19.1 Å². The summed E-state index contributed by atoms with van der Waals surface area (Å²) in [6, 6.07) is 24.8. The van der Waals surface area contributed by atoms with Gasteiger partial charge in [-0.1, -0.05) is 54.6 Å². The van der Waals surface area contributed by atoms with Gasteiger partial charge in [0.1, 0.15) is 0 Å². The number of imide groups is 1. The molecule has 0 aromatic heterocycles. The lowest BCUT2D eigenvalue weighted by molar-refractivity contribution is -0.134. The van der Waals surface area contributed by atoms with E-state index in [0.29, 0.717) is 12.2 Å². The first kappa shape index (κ1) is 24.1. The minimum Gasteiger partial charge on any atom is -0.355 e. The maximum absolute atomic E-state index is 13.4. The van der Waals surface area contributed by atoms with Crippen molar-refractivity contribution >= 4 is 40.2 Å². The van der Waals surface area contributed by atoms with Crippen LogP contribution in [0.4, 0.5) is 16.2 Å². The third kappa shape index (κ3) is 4.74. The Morgan fingerprint density at radius 3 is 2.39 bits per heavy atom. The molecule has 1 saturated heterocycles. The average molecular weight is 502 g/mol. The molecule has 5 rings (SSSR count). The van der Waals surface area contributed by atoms with Crippen molar-refractivity contribution in [1.82, 2.24) is 9.80 Å². The quantitative estimate of drug-likeness (QED) is 0.445. The lowest BCUT2D eigenvalue weighted by atomic mass is 10.0. The number of hydrogen-bond acceptors (Lipinski definition) is 6. The van der Waals surface area contributed by atoms with Crippen LogP contribution in [0.2, 0.25) is 0 Å². The first-order chi connectivity index (χ1) is 17.4. The molecular formula is C28H27N3O4S. The summed E-state index contributed by atoms with van der Waals surface area (Å²) in [5.74, 6) is -0.446. The second-order valence-corrected chi connectivity index (χ2v) is 10.0. The van der Waals surface area contributed by atoms with Crippen LogP contribution in [0.3, 0.4) is 0 Å². The molecule has 3 aromatic carbocycles. The van der Waals surface area contributed by atoms with Crippen molar-refractivity contribution in [2.75, 3.05) is 18.2 Å². The molecule has 8 heteroatoms. The average Bonchev–Trinajstić information content (AvgIpc) is 3.16. The summed E-state index contributed by atoms with van der Waals surface area (Å²) < 4.78 is 5.90. The van der Waals surface area contributed by atoms with Gasteiger partial charge in [-0.25, -0.2) is 0 Å². The molecule has 7 nitrogen and oxygen atoms in total. The van der Waals surface area contributed by atoms with Crippen molar-refractivity contribution in [3.63, 3.8) is 0 Å². The largest absolute Gasteiger partial charge is 0.355 e. The van der Waals surface area contributed by atoms with E-state index in [1.165, 1.54) is 4.90 Å². The number of para-hydroxylation sites is 1. The Hall–Kier alpha value is -3.62. The van der Waals surface area contributed by atoms with Gasteiger partial charge in [-0.15, -0.1) is 0 Å². The first-order valence-corrected chi connectivity index (χ1v) is 12.7. The van der Waals surface area contributed by atoms with E-state index in [9.17, 15) is 14.4 Å². The van der Waals surface area contributed by atoms with E-state index in [-0.39, 0.29) is 36.2 Å². The Kier molecular flexibility index (Phi) is 6.80. The topological polar surface area (TPSA) is 70.2 Å². The predicted molar refractivity (Wildman–Crippen MR) is 140 cm³/mol. The number of fused-ring (bicyclic) bond motifs is 1. The molecule has 0 radical (unpaired) electrons. The van der Waals surface area contributed by atoms with Crippen LogP contribution < -0.4 is 4.90 Å². The second kappa shape index (κ2) is 10.2. The molecule has 0 N–H and O–H groups in total. The minimum absolute atomic E-state index is 0.0829. The van der Waals surface area contributed by atoms with Gasteiger partial charge in [-0.2, -0.15) is 0 Å². The van der Waals surface area contributed by atoms with Gasteiger partial charge in [-0.05, 0) is 61.0 Å². The van der Waals surface area contributed by atoms with Crippen LogP contribution in [0, 0.1) is 6.92 Å². The van der Waals surface area contributed by atoms with Crippen molar-refractivity contribution in [3.05, 3.63) is 95.6 Å². The van der Waals surface area contributed by atoms with Crippen molar-refractivity contribution in [1.29, 1.82) is 0 Å². The van der Waals surface area contributed by atoms with Gasteiger partial charge in [0.2, 0.25) is 0 Å². The molecule has 3 aromatic rings. The number of nitrogens with zero attached hydrogens (tertiary/aromatic N) is 3. The molecule has 3 amide bonds. The molecular weight excluding hydrogens is 474 g/mol. The van der Waals surface area contributed by atoms with Crippen LogP contribution >= 0.6 is 11.8 Å². The maximum Gasteiger partial charge on any atom is 0.291 e. The Morgan fingerprint density at radius 2 is 1.67 bits per heavy atom. The van der Waals surface area contributed by atoms with Gasteiger partial charge in [-0.3, -0.25) is 19.3 Å². The molecule has 2 atom stereocenters. The number of thioether (sulfide) groups is 1. The van der Waals surface area contributed by atoms with Crippen LogP contribution in [0.5, 0.6) is 0 Å². The van der Waals surface area contributed by atoms with Gasteiger partial charge in [0.25, 0.3) is 17.1 Å². The Bertz CT molecular complexity index is 1280. The van der Waals surface area contributed by atoms with Gasteiger partial charge >= 0.3 is 0 Å². The Labute approximate surface area is 214 Å². The number of rotatable bonds is 7. The van der Waals surface area contributed by atoms with E-state index in [4.69, 9.17) is 4.74 Å². The van der Waals surface area contributed by atoms with Gasteiger partial charge < -0.3 is 14.5 Å². The zero-order chi connectivity index (χ0) is 25.2. The molecule has 0 bridgehead atoms. The molecule has 36 heavy (non-hydrogen) atoms. The fraction of sp³-hybridized carbons (Fsp3) is 0.250. The molecule has 2 aliphatic heterocycles. The Morgan fingerprint density at radius 1 is 0.972 bits per heavy atom. The van der Waals surface area contributed by atoms with E-state index in [1.54, 1.807) is 4.90 Å². The minimum atomic E-state index is -0.913. The number of aryl methyl sites for hydroxylation is 1. The van der Waals surface area contributed by atoms with Crippen LogP contribution in [0.25, 0.3) is 0 Å². The zero-order valence-corrected chi connectivity index (χ0v) is 21.0. The number of amides is 3. The fourth-order valence-corrected chi connectivity index (χ4v) is 5.25. The maximum atomic E-state index is 13.4. The fourth-order valence-electron chi connectivity index (χ4n) is 4.41. The third-order valence-electron chi connectivity index (χ3n) is 6.40. The standard InChI is InChI=1S/C28H27N3O4S/c1-19-13-14-23-24(15-19)31(22-11-7-4-8-12-22)18-30(25(23)32)20(2)17-35-27-26(33)29(28(34)36-27)16-21-9-5-3-6-10-21/h3-15,20,27H,16-18H2,1-2H3. The van der Waals surface area contributed by atoms with Crippen LogP contribution in [0.1, 0.15) is 28.4 Å². The third-order valence-corrected chi connectivity index (χ3v) is 7.37. The smallest absolute Gasteiger partial charge is 0.291 e. The highest BCUT2D eigenvalue weighted by Crippen LogP contribution is 2.35. The van der Waals surface area contributed by atoms with Crippen molar-refractivity contribution in [3.8, 4) is 0 Å². The summed E-state index contributed by atoms with van der Waals surface area (Å²) in [7, 11) is 0. The second-order valence-electron chi connectivity index (χ2n) is 9.01. The molecule has 2 aliphatic rings. The van der Waals surface area contributed by atoms with Crippen molar-refractivity contribution in [2.45, 2.75) is 31.9 Å². The molecule has 2 heterocycles. The lowest BCUT2D eigenvalue weighted by Gasteiger charge is -2.41. The normalized spacial score (nSPS) is 18.6. The van der Waals surface area contributed by atoms with Gasteiger partial charge in [0, 0.05) is 5.69 Å². The molecule has 1 fully saturated rings. The highest BCUT2D eigenvalue weighted by Gasteiger charge is 2.41. The van der Waals surface area contributed by atoms with Crippen molar-refractivity contribution in [2.24, 2.45) is 0 Å². The summed E-state index contributed by atoms with van der Waals surface area (Å²) in [5.41, 5.74) is 3.52. The molecule has 0 spiro atoms. The molecule has 0 aliphatic carbocycles. The van der Waals surface area contributed by atoms with Gasteiger partial charge in [0.15, 0.2) is 5.44 Å². The monoisotopic (exact) mass is 501 g/mol. The van der Waals surface area contributed by atoms with Crippen LogP contribution in [-0.2, 0) is 16.1 Å². The van der Waals surface area contributed by atoms with Gasteiger partial charge in [0.05, 0.1) is 37.1 Å². The number of carbonyl (C=O) groups is 3. The molecule has 2 unspecified atom stereocenters. The Balaban J connectivity index is 1.29. The highest BCUT2D eigenvalue weighted by molar-refractivity contribution is 8.15. The number of carbonyl (C=O) groups excluding carboxylic acids is 3. The SMILES string of the molecule is Cc1ccc2c(c1)N(c1ccccc1)CN(C(C)COC1SC(=O)N(Cc3ccccc3)C1=O)C2=O. The van der Waals surface area contributed by atoms with E-state index in [2.05, 4.69) is 4.90 Å². The van der Waals surface area contributed by atoms with Crippen LogP contribution in [0.15, 0.2) is 78.9 Å². The predicted octanol–water partition coefficient (Wildman–Crippen LogP) is 5.17. The lowest BCUT2D eigenvalue weighted by Crippen LogP contribution is -2.50. The zero-order valence-electron chi connectivity index (χ0n) is 20.2. The van der Waals surface area contributed by atoms with E-state index < -0.39 is 5.44 Å². The number of benzene rings is 3. The number of ether oxygens (including phenoxy) is 1. The molecule has 184 valence electrons. The molecule has 0 saturated carbocycles. The summed E-state index contributed by atoms with van der Waals surface area (Å²) in [6.45, 7) is 4.61.